The molecular weight excluding hydrogens is 401 g/mol. The summed E-state index contributed by atoms with van der Waals surface area (Å²) in [5, 5.41) is 8.76. The number of fused-ring (bicyclic) bond motifs is 3. The van der Waals surface area contributed by atoms with E-state index in [1.165, 1.54) is 17.7 Å². The normalized spacial score (nSPS) is 11.9. The predicted molar refractivity (Wildman–Crippen MR) is 127 cm³/mol. The van der Waals surface area contributed by atoms with E-state index in [-0.39, 0.29) is 11.2 Å². The molecule has 6 heteroatoms. The Hall–Kier alpha value is -3.80. The summed E-state index contributed by atoms with van der Waals surface area (Å²) in [6, 6.07) is 21.6. The van der Waals surface area contributed by atoms with E-state index in [4.69, 9.17) is 0 Å². The van der Waals surface area contributed by atoms with Gasteiger partial charge >= 0.3 is 0 Å². The van der Waals surface area contributed by atoms with Crippen molar-refractivity contribution in [2.45, 2.75) is 26.2 Å². The molecular formula is C26H24FN5. The summed E-state index contributed by atoms with van der Waals surface area (Å²) in [5.41, 5.74) is 5.41. The smallest absolute Gasteiger partial charge is 0.257 e. The molecule has 0 aliphatic carbocycles. The highest BCUT2D eigenvalue weighted by atomic mass is 19.1. The third-order valence-corrected chi connectivity index (χ3v) is 5.83. The van der Waals surface area contributed by atoms with E-state index in [1.54, 1.807) is 16.8 Å². The second kappa shape index (κ2) is 7.41. The van der Waals surface area contributed by atoms with Gasteiger partial charge in [0.05, 0.1) is 5.52 Å². The first-order valence-electron chi connectivity index (χ1n) is 10.5. The van der Waals surface area contributed by atoms with Gasteiger partial charge in [0.1, 0.15) is 18.0 Å². The minimum atomic E-state index is -0.311. The third kappa shape index (κ3) is 3.47. The summed E-state index contributed by atoms with van der Waals surface area (Å²) in [6.45, 7) is 6.64. The Kier molecular flexibility index (Phi) is 4.66. The lowest BCUT2D eigenvalue weighted by Crippen LogP contribution is -2.13. The molecule has 2 aromatic heterocycles. The molecule has 0 spiro atoms. The van der Waals surface area contributed by atoms with E-state index < -0.39 is 0 Å². The molecule has 0 fully saturated rings. The molecule has 5 aromatic rings. The van der Waals surface area contributed by atoms with Gasteiger partial charge in [-0.1, -0.05) is 57.2 Å². The predicted octanol–water partition coefficient (Wildman–Crippen LogP) is 6.15. The molecule has 0 radical (unpaired) electrons. The maximum absolute atomic E-state index is 14.1. The molecule has 5 nitrogen and oxygen atoms in total. The van der Waals surface area contributed by atoms with Crippen molar-refractivity contribution in [3.05, 3.63) is 84.4 Å². The van der Waals surface area contributed by atoms with Crippen LogP contribution in [0.3, 0.4) is 0 Å². The maximum atomic E-state index is 14.1. The zero-order valence-corrected chi connectivity index (χ0v) is 18.5. The van der Waals surface area contributed by atoms with Gasteiger partial charge in [0.15, 0.2) is 0 Å². The molecule has 0 amide bonds. The molecule has 0 saturated heterocycles. The van der Waals surface area contributed by atoms with Gasteiger partial charge in [-0.2, -0.15) is 4.98 Å². The van der Waals surface area contributed by atoms with Crippen LogP contribution in [0.15, 0.2) is 73.1 Å². The summed E-state index contributed by atoms with van der Waals surface area (Å²) in [6.07, 6.45) is 1.59. The minimum absolute atomic E-state index is 0.114. The van der Waals surface area contributed by atoms with Crippen LogP contribution in [0.25, 0.3) is 27.8 Å². The van der Waals surface area contributed by atoms with Gasteiger partial charge in [0.2, 0.25) is 0 Å². The molecule has 5 rings (SSSR count). The Balaban J connectivity index is 1.59. The van der Waals surface area contributed by atoms with Crippen LogP contribution in [-0.2, 0) is 5.41 Å². The zero-order chi connectivity index (χ0) is 22.5. The molecule has 0 bridgehead atoms. The first-order valence-corrected chi connectivity index (χ1v) is 10.5. The quantitative estimate of drug-likeness (QED) is 0.348. The third-order valence-electron chi connectivity index (χ3n) is 5.83. The van der Waals surface area contributed by atoms with E-state index in [0.717, 1.165) is 22.3 Å². The van der Waals surface area contributed by atoms with Gasteiger partial charge in [-0.25, -0.2) is 4.39 Å². The summed E-state index contributed by atoms with van der Waals surface area (Å²) >= 11 is 0. The van der Waals surface area contributed by atoms with Crippen molar-refractivity contribution in [2.75, 3.05) is 11.9 Å². The Morgan fingerprint density at radius 1 is 0.906 bits per heavy atom. The van der Waals surface area contributed by atoms with Crippen LogP contribution in [0.2, 0.25) is 0 Å². The Bertz CT molecular complexity index is 1430. The maximum Gasteiger partial charge on any atom is 0.257 e. The fraction of sp³-hybridized carbons (Fsp3) is 0.192. The second-order valence-corrected chi connectivity index (χ2v) is 9.03. The molecule has 3 aromatic carbocycles. The van der Waals surface area contributed by atoms with Crippen molar-refractivity contribution < 1.29 is 4.39 Å². The van der Waals surface area contributed by atoms with Gasteiger partial charge in [0, 0.05) is 18.1 Å². The van der Waals surface area contributed by atoms with E-state index in [1.807, 2.05) is 24.1 Å². The fourth-order valence-electron chi connectivity index (χ4n) is 3.96. The molecule has 32 heavy (non-hydrogen) atoms. The molecule has 160 valence electrons. The highest BCUT2D eigenvalue weighted by molar-refractivity contribution is 5.93. The second-order valence-electron chi connectivity index (χ2n) is 9.03. The lowest BCUT2D eigenvalue weighted by molar-refractivity contribution is 0.590. The molecule has 0 aliphatic heterocycles. The minimum Gasteiger partial charge on any atom is -0.329 e. The monoisotopic (exact) mass is 425 g/mol. The van der Waals surface area contributed by atoms with Crippen molar-refractivity contribution >= 4 is 28.2 Å². The number of benzene rings is 3. The number of anilines is 2. The van der Waals surface area contributed by atoms with E-state index in [9.17, 15) is 4.39 Å². The van der Waals surface area contributed by atoms with Gasteiger partial charge in [0.25, 0.3) is 5.78 Å². The standard InChI is InChI=1S/C26H24FN5/c1-26(2,3)19-10-8-17(9-11-19)18-6-5-7-21(14-18)31(4)24-22-15-20(27)12-13-23(22)32-16-28-30-25(32)29-24/h5-16H,1-4H3. The number of aromatic nitrogens is 4. The van der Waals surface area contributed by atoms with Gasteiger partial charge in [-0.15, -0.1) is 10.2 Å². The highest BCUT2D eigenvalue weighted by Crippen LogP contribution is 2.33. The topological polar surface area (TPSA) is 46.3 Å². The number of hydrogen-bond donors (Lipinski definition) is 0. The average molecular weight is 426 g/mol. The van der Waals surface area contributed by atoms with Crippen LogP contribution in [0.1, 0.15) is 26.3 Å². The lowest BCUT2D eigenvalue weighted by Gasteiger charge is -2.22. The number of nitrogens with zero attached hydrogens (tertiary/aromatic N) is 5. The summed E-state index contributed by atoms with van der Waals surface area (Å²) in [7, 11) is 1.93. The van der Waals surface area contributed by atoms with E-state index >= 15 is 0 Å². The van der Waals surface area contributed by atoms with Gasteiger partial charge in [-0.3, -0.25) is 4.40 Å². The van der Waals surface area contributed by atoms with Crippen molar-refractivity contribution in [1.29, 1.82) is 0 Å². The summed E-state index contributed by atoms with van der Waals surface area (Å²) < 4.78 is 15.9. The highest BCUT2D eigenvalue weighted by Gasteiger charge is 2.16. The number of hydrogen-bond acceptors (Lipinski definition) is 4. The van der Waals surface area contributed by atoms with Crippen LogP contribution in [0.4, 0.5) is 15.9 Å². The average Bonchev–Trinajstić information content (AvgIpc) is 3.26. The molecule has 0 aliphatic rings. The van der Waals surface area contributed by atoms with Gasteiger partial charge < -0.3 is 4.90 Å². The molecule has 0 saturated carbocycles. The molecule has 0 atom stereocenters. The van der Waals surface area contributed by atoms with Crippen LogP contribution in [-0.4, -0.2) is 26.6 Å². The lowest BCUT2D eigenvalue weighted by atomic mass is 9.86. The Morgan fingerprint density at radius 2 is 1.69 bits per heavy atom. The van der Waals surface area contributed by atoms with Crippen LogP contribution in [0.5, 0.6) is 0 Å². The molecule has 2 heterocycles. The largest absolute Gasteiger partial charge is 0.329 e. The van der Waals surface area contributed by atoms with Crippen molar-refractivity contribution in [3.63, 3.8) is 0 Å². The van der Waals surface area contributed by atoms with Crippen molar-refractivity contribution in [3.8, 4) is 11.1 Å². The first-order chi connectivity index (χ1) is 15.3. The molecule has 0 N–H and O–H groups in total. The summed E-state index contributed by atoms with van der Waals surface area (Å²) in [4.78, 5) is 6.63. The Labute approximate surface area is 186 Å². The van der Waals surface area contributed by atoms with Gasteiger partial charge in [-0.05, 0) is 52.4 Å². The van der Waals surface area contributed by atoms with Crippen LogP contribution in [0, 0.1) is 5.82 Å². The van der Waals surface area contributed by atoms with Crippen molar-refractivity contribution in [1.82, 2.24) is 19.6 Å². The SMILES string of the molecule is CN(c1cccc(-c2ccc(C(C)(C)C)cc2)c1)c1nc2nncn2c2ccc(F)cc12. The van der Waals surface area contributed by atoms with E-state index in [0.29, 0.717) is 17.0 Å². The number of rotatable bonds is 3. The van der Waals surface area contributed by atoms with Crippen molar-refractivity contribution in [2.24, 2.45) is 0 Å². The van der Waals surface area contributed by atoms with Crippen LogP contribution >= 0.6 is 0 Å². The van der Waals surface area contributed by atoms with E-state index in [2.05, 4.69) is 72.4 Å². The first kappa shape index (κ1) is 20.1. The zero-order valence-electron chi connectivity index (χ0n) is 18.5. The van der Waals surface area contributed by atoms with Crippen LogP contribution < -0.4 is 4.90 Å². The Morgan fingerprint density at radius 3 is 2.44 bits per heavy atom. The summed E-state index contributed by atoms with van der Waals surface area (Å²) in [5.74, 6) is 0.786. The fourth-order valence-corrected chi connectivity index (χ4v) is 3.96. The number of halogens is 1. The molecule has 0 unspecified atom stereocenters.